The molecule has 0 fully saturated rings. The maximum atomic E-state index is 11.9. The van der Waals surface area contributed by atoms with Crippen LogP contribution in [0.3, 0.4) is 0 Å². The van der Waals surface area contributed by atoms with Crippen LogP contribution in [0.2, 0.25) is 0 Å². The first-order chi connectivity index (χ1) is 10.2. The molecule has 6 nitrogen and oxygen atoms in total. The maximum absolute atomic E-state index is 11.9. The van der Waals surface area contributed by atoms with Crippen molar-refractivity contribution in [1.82, 2.24) is 15.0 Å². The van der Waals surface area contributed by atoms with Crippen molar-refractivity contribution in [2.45, 2.75) is 13.5 Å². The highest BCUT2D eigenvalue weighted by molar-refractivity contribution is 5.82. The molecule has 1 N–H and O–H groups in total. The first-order valence-electron chi connectivity index (χ1n) is 6.51. The number of hydrogen-bond acceptors (Lipinski definition) is 4. The second-order valence-corrected chi connectivity index (χ2v) is 4.54. The molecule has 6 heteroatoms. The predicted octanol–water partition coefficient (Wildman–Crippen LogP) is 2.09. The summed E-state index contributed by atoms with van der Waals surface area (Å²) in [7, 11) is 0. The van der Waals surface area contributed by atoms with Gasteiger partial charge in [-0.2, -0.15) is 5.10 Å². The summed E-state index contributed by atoms with van der Waals surface area (Å²) in [6.07, 6.45) is 3.00. The summed E-state index contributed by atoms with van der Waals surface area (Å²) in [4.78, 5) is 16.3. The fraction of sp³-hybridized carbons (Fsp3) is 0.133. The minimum absolute atomic E-state index is 0.168. The summed E-state index contributed by atoms with van der Waals surface area (Å²) in [6, 6.07) is 11.2. The van der Waals surface area contributed by atoms with E-state index in [0.717, 1.165) is 16.9 Å². The third-order valence-electron chi connectivity index (χ3n) is 3.07. The van der Waals surface area contributed by atoms with Gasteiger partial charge in [0.2, 0.25) is 0 Å². The Morgan fingerprint density at radius 2 is 2.24 bits per heavy atom. The maximum Gasteiger partial charge on any atom is 0.260 e. The van der Waals surface area contributed by atoms with Gasteiger partial charge < -0.3 is 8.98 Å². The summed E-state index contributed by atoms with van der Waals surface area (Å²) in [6.45, 7) is 2.04. The van der Waals surface area contributed by atoms with Crippen molar-refractivity contribution in [2.24, 2.45) is 5.10 Å². The van der Waals surface area contributed by atoms with Gasteiger partial charge in [-0.25, -0.2) is 10.4 Å². The minimum Gasteiger partial charge on any atom is -0.463 e. The predicted molar refractivity (Wildman–Crippen MR) is 78.9 cm³/mol. The Kier molecular flexibility index (Phi) is 3.51. The Morgan fingerprint density at radius 1 is 1.38 bits per heavy atom. The van der Waals surface area contributed by atoms with Crippen molar-refractivity contribution in [3.05, 3.63) is 54.2 Å². The van der Waals surface area contributed by atoms with Crippen LogP contribution in [-0.2, 0) is 11.3 Å². The van der Waals surface area contributed by atoms with Gasteiger partial charge in [0.15, 0.2) is 0 Å². The molecule has 2 aromatic heterocycles. The van der Waals surface area contributed by atoms with E-state index in [9.17, 15) is 4.79 Å². The third kappa shape index (κ3) is 2.84. The summed E-state index contributed by atoms with van der Waals surface area (Å²) >= 11 is 0. The molecule has 1 amide bonds. The van der Waals surface area contributed by atoms with Crippen LogP contribution in [0, 0.1) is 6.92 Å². The molecule has 2 heterocycles. The van der Waals surface area contributed by atoms with Crippen LogP contribution in [0.1, 0.15) is 11.6 Å². The van der Waals surface area contributed by atoms with Gasteiger partial charge in [0, 0.05) is 0 Å². The molecule has 0 aliphatic rings. The number of imidazole rings is 1. The first-order valence-corrected chi connectivity index (χ1v) is 6.51. The number of carbonyl (C=O) groups excluding carboxylic acids is 1. The molecule has 3 rings (SSSR count). The molecule has 0 bridgehead atoms. The van der Waals surface area contributed by atoms with Crippen molar-refractivity contribution in [3.63, 3.8) is 0 Å². The second kappa shape index (κ2) is 5.62. The molecule has 3 aromatic rings. The van der Waals surface area contributed by atoms with Crippen molar-refractivity contribution in [1.29, 1.82) is 0 Å². The third-order valence-corrected chi connectivity index (χ3v) is 3.07. The second-order valence-electron chi connectivity index (χ2n) is 4.54. The number of aromatic nitrogens is 2. The van der Waals surface area contributed by atoms with Crippen molar-refractivity contribution < 1.29 is 9.21 Å². The standard InChI is InChI=1S/C15H14N4O2/c1-11-17-13-6-2-3-7-14(13)19(11)10-15(20)18-16-9-12-5-4-8-21-12/h2-9H,10H2,1H3,(H,18,20)/b16-9-. The van der Waals surface area contributed by atoms with Crippen LogP contribution in [0.25, 0.3) is 11.0 Å². The van der Waals surface area contributed by atoms with Crippen molar-refractivity contribution in [3.8, 4) is 0 Å². The highest BCUT2D eigenvalue weighted by Crippen LogP contribution is 2.14. The molecular weight excluding hydrogens is 268 g/mol. The fourth-order valence-electron chi connectivity index (χ4n) is 2.11. The number of para-hydroxylation sites is 2. The summed E-state index contributed by atoms with van der Waals surface area (Å²) < 4.78 is 6.94. The fourth-order valence-corrected chi connectivity index (χ4v) is 2.11. The van der Waals surface area contributed by atoms with E-state index >= 15 is 0 Å². The molecular formula is C15H14N4O2. The van der Waals surface area contributed by atoms with Gasteiger partial charge in [-0.3, -0.25) is 4.79 Å². The van der Waals surface area contributed by atoms with Gasteiger partial charge >= 0.3 is 0 Å². The first kappa shape index (κ1) is 13.1. The lowest BCUT2D eigenvalue weighted by Gasteiger charge is -2.05. The number of nitrogens with zero attached hydrogens (tertiary/aromatic N) is 3. The van der Waals surface area contributed by atoms with Gasteiger partial charge in [0.05, 0.1) is 23.5 Å². The lowest BCUT2D eigenvalue weighted by Crippen LogP contribution is -2.23. The van der Waals surface area contributed by atoms with Gasteiger partial charge in [-0.05, 0) is 31.2 Å². The van der Waals surface area contributed by atoms with Crippen LogP contribution in [-0.4, -0.2) is 21.7 Å². The van der Waals surface area contributed by atoms with Gasteiger partial charge in [0.25, 0.3) is 5.91 Å². The Hall–Kier alpha value is -2.89. The number of rotatable bonds is 4. The highest BCUT2D eigenvalue weighted by Gasteiger charge is 2.09. The average molecular weight is 282 g/mol. The number of furan rings is 1. The van der Waals surface area contributed by atoms with E-state index in [2.05, 4.69) is 15.5 Å². The smallest absolute Gasteiger partial charge is 0.260 e. The van der Waals surface area contributed by atoms with Gasteiger partial charge in [-0.1, -0.05) is 12.1 Å². The number of hydrogen-bond donors (Lipinski definition) is 1. The number of aryl methyl sites for hydroxylation is 1. The molecule has 0 unspecified atom stereocenters. The van der Waals surface area contributed by atoms with E-state index in [1.165, 1.54) is 6.21 Å². The zero-order chi connectivity index (χ0) is 14.7. The van der Waals surface area contributed by atoms with Crippen LogP contribution >= 0.6 is 0 Å². The number of amides is 1. The minimum atomic E-state index is -0.218. The van der Waals surface area contributed by atoms with E-state index in [0.29, 0.717) is 5.76 Å². The zero-order valence-corrected chi connectivity index (χ0v) is 11.5. The molecule has 0 saturated heterocycles. The molecule has 106 valence electrons. The highest BCUT2D eigenvalue weighted by atomic mass is 16.3. The van der Waals surface area contributed by atoms with E-state index < -0.39 is 0 Å². The molecule has 1 aromatic carbocycles. The Morgan fingerprint density at radius 3 is 3.05 bits per heavy atom. The Labute approximate surface area is 121 Å². The van der Waals surface area contributed by atoms with Crippen LogP contribution in [0.5, 0.6) is 0 Å². The summed E-state index contributed by atoms with van der Waals surface area (Å²) in [5.74, 6) is 1.16. The Bertz CT molecular complexity index is 787. The van der Waals surface area contributed by atoms with E-state index in [1.807, 2.05) is 35.8 Å². The molecule has 21 heavy (non-hydrogen) atoms. The topological polar surface area (TPSA) is 72.4 Å². The van der Waals surface area contributed by atoms with Crippen LogP contribution in [0.15, 0.2) is 52.2 Å². The number of fused-ring (bicyclic) bond motifs is 1. The van der Waals surface area contributed by atoms with Crippen LogP contribution in [0.4, 0.5) is 0 Å². The molecule has 0 aliphatic carbocycles. The summed E-state index contributed by atoms with van der Waals surface area (Å²) in [5, 5.41) is 3.85. The molecule has 0 saturated carbocycles. The monoisotopic (exact) mass is 282 g/mol. The lowest BCUT2D eigenvalue weighted by atomic mass is 10.3. The van der Waals surface area contributed by atoms with E-state index in [1.54, 1.807) is 18.4 Å². The average Bonchev–Trinajstić information content (AvgIpc) is 3.08. The largest absolute Gasteiger partial charge is 0.463 e. The van der Waals surface area contributed by atoms with Gasteiger partial charge in [-0.15, -0.1) is 0 Å². The molecule has 0 radical (unpaired) electrons. The molecule has 0 aliphatic heterocycles. The van der Waals surface area contributed by atoms with Crippen LogP contribution < -0.4 is 5.43 Å². The number of benzene rings is 1. The van der Waals surface area contributed by atoms with E-state index in [-0.39, 0.29) is 12.5 Å². The molecule has 0 spiro atoms. The van der Waals surface area contributed by atoms with Crippen molar-refractivity contribution >= 4 is 23.2 Å². The SMILES string of the molecule is Cc1nc2ccccc2n1CC(=O)N/N=C\c1ccco1. The quantitative estimate of drug-likeness (QED) is 0.588. The summed E-state index contributed by atoms with van der Waals surface area (Å²) in [5.41, 5.74) is 4.28. The van der Waals surface area contributed by atoms with Gasteiger partial charge in [0.1, 0.15) is 18.1 Å². The molecule has 0 atom stereocenters. The van der Waals surface area contributed by atoms with E-state index in [4.69, 9.17) is 4.42 Å². The zero-order valence-electron chi connectivity index (χ0n) is 11.5. The van der Waals surface area contributed by atoms with Crippen molar-refractivity contribution in [2.75, 3.05) is 0 Å². The number of hydrazone groups is 1. The Balaban J connectivity index is 1.70. The normalized spacial score (nSPS) is 11.3. The lowest BCUT2D eigenvalue weighted by molar-refractivity contribution is -0.121. The number of nitrogens with one attached hydrogen (secondary N) is 1. The number of carbonyl (C=O) groups is 1.